The topological polar surface area (TPSA) is 81.3 Å². The lowest BCUT2D eigenvalue weighted by Crippen LogP contribution is -2.41. The molecule has 0 radical (unpaired) electrons. The first-order valence-electron chi connectivity index (χ1n) is 8.59. The summed E-state index contributed by atoms with van der Waals surface area (Å²) in [5.41, 5.74) is 2.82. The van der Waals surface area contributed by atoms with E-state index < -0.39 is 10.2 Å². The van der Waals surface area contributed by atoms with Crippen LogP contribution in [0.15, 0.2) is 55.5 Å². The quantitative estimate of drug-likeness (QED) is 0.546. The number of halogens is 1. The van der Waals surface area contributed by atoms with Crippen LogP contribution in [0.4, 0.5) is 11.4 Å². The van der Waals surface area contributed by atoms with Gasteiger partial charge in [-0.1, -0.05) is 29.8 Å². The van der Waals surface area contributed by atoms with Gasteiger partial charge in [-0.2, -0.15) is 12.7 Å². The van der Waals surface area contributed by atoms with Gasteiger partial charge in [-0.05, 0) is 17.7 Å². The van der Waals surface area contributed by atoms with Crippen molar-refractivity contribution in [2.24, 2.45) is 0 Å². The Morgan fingerprint density at radius 3 is 2.75 bits per heavy atom. The Kier molecular flexibility index (Phi) is 5.93. The zero-order chi connectivity index (χ0) is 20.3. The van der Waals surface area contributed by atoms with Crippen LogP contribution in [0.5, 0.6) is 0 Å². The number of aromatic nitrogens is 2. The van der Waals surface area contributed by atoms with Crippen molar-refractivity contribution < 1.29 is 8.42 Å². The van der Waals surface area contributed by atoms with Crippen molar-refractivity contribution in [1.29, 1.82) is 0 Å². The van der Waals surface area contributed by atoms with Crippen molar-refractivity contribution in [2.75, 3.05) is 30.3 Å². The van der Waals surface area contributed by atoms with E-state index in [0.29, 0.717) is 22.8 Å². The molecule has 0 spiro atoms. The maximum atomic E-state index is 13.0. The van der Waals surface area contributed by atoms with Gasteiger partial charge in [-0.25, -0.2) is 0 Å². The SMILES string of the molecule is C=CCN(c1c(CNc2cccnc2)ccc2c(Cl)c[nH]c12)S(=O)(=O)N(C)C. The summed E-state index contributed by atoms with van der Waals surface area (Å²) in [6.45, 7) is 4.25. The lowest BCUT2D eigenvalue weighted by atomic mass is 10.1. The summed E-state index contributed by atoms with van der Waals surface area (Å²) in [4.78, 5) is 7.20. The van der Waals surface area contributed by atoms with Crippen LogP contribution in [-0.2, 0) is 16.8 Å². The van der Waals surface area contributed by atoms with Gasteiger partial charge in [0, 0.05) is 44.6 Å². The van der Waals surface area contributed by atoms with Crippen molar-refractivity contribution in [1.82, 2.24) is 14.3 Å². The molecule has 3 rings (SSSR count). The average molecular weight is 420 g/mol. The second kappa shape index (κ2) is 8.22. The summed E-state index contributed by atoms with van der Waals surface area (Å²) >= 11 is 6.27. The maximum absolute atomic E-state index is 13.0. The summed E-state index contributed by atoms with van der Waals surface area (Å²) in [5, 5.41) is 4.57. The fourth-order valence-corrected chi connectivity index (χ4v) is 4.24. The molecule has 0 saturated heterocycles. The fraction of sp³-hybridized carbons (Fsp3) is 0.211. The van der Waals surface area contributed by atoms with E-state index in [1.807, 2.05) is 24.3 Å². The zero-order valence-corrected chi connectivity index (χ0v) is 17.3. The Morgan fingerprint density at radius 1 is 1.32 bits per heavy atom. The Labute approximate surface area is 169 Å². The number of rotatable bonds is 8. The minimum absolute atomic E-state index is 0.121. The molecule has 0 saturated carbocycles. The molecule has 28 heavy (non-hydrogen) atoms. The van der Waals surface area contributed by atoms with Crippen LogP contribution < -0.4 is 9.62 Å². The molecule has 0 bridgehead atoms. The predicted molar refractivity (Wildman–Crippen MR) is 115 cm³/mol. The molecule has 0 unspecified atom stereocenters. The van der Waals surface area contributed by atoms with Gasteiger partial charge in [-0.15, -0.1) is 6.58 Å². The molecular formula is C19H22ClN5O2S. The summed E-state index contributed by atoms with van der Waals surface area (Å²) in [6, 6.07) is 7.49. The normalized spacial score (nSPS) is 11.7. The molecule has 0 atom stereocenters. The van der Waals surface area contributed by atoms with Crippen LogP contribution in [0.3, 0.4) is 0 Å². The molecule has 0 fully saturated rings. The van der Waals surface area contributed by atoms with E-state index in [0.717, 1.165) is 16.6 Å². The average Bonchev–Trinajstić information content (AvgIpc) is 3.06. The van der Waals surface area contributed by atoms with Crippen molar-refractivity contribution in [2.45, 2.75) is 6.54 Å². The van der Waals surface area contributed by atoms with Gasteiger partial charge in [0.15, 0.2) is 0 Å². The van der Waals surface area contributed by atoms with Crippen LogP contribution in [0, 0.1) is 0 Å². The zero-order valence-electron chi connectivity index (χ0n) is 15.7. The third-order valence-corrected chi connectivity index (χ3v) is 6.42. The molecule has 2 heterocycles. The smallest absolute Gasteiger partial charge is 0.303 e. The number of H-pyrrole nitrogens is 1. The second-order valence-electron chi connectivity index (χ2n) is 6.34. The van der Waals surface area contributed by atoms with E-state index in [9.17, 15) is 8.42 Å². The van der Waals surface area contributed by atoms with Crippen molar-refractivity contribution in [3.05, 3.63) is 66.1 Å². The van der Waals surface area contributed by atoms with Crippen LogP contribution in [-0.4, -0.2) is 43.3 Å². The highest BCUT2D eigenvalue weighted by molar-refractivity contribution is 7.90. The molecule has 7 nitrogen and oxygen atoms in total. The highest BCUT2D eigenvalue weighted by Gasteiger charge is 2.28. The molecule has 0 aliphatic rings. The molecule has 1 aromatic carbocycles. The summed E-state index contributed by atoms with van der Waals surface area (Å²) < 4.78 is 28.6. The molecule has 148 valence electrons. The highest BCUT2D eigenvalue weighted by Crippen LogP contribution is 2.36. The first-order valence-corrected chi connectivity index (χ1v) is 10.4. The van der Waals surface area contributed by atoms with Gasteiger partial charge >= 0.3 is 10.2 Å². The maximum Gasteiger partial charge on any atom is 0.303 e. The molecule has 9 heteroatoms. The second-order valence-corrected chi connectivity index (χ2v) is 8.81. The van der Waals surface area contributed by atoms with Gasteiger partial charge < -0.3 is 10.3 Å². The number of hydrogen-bond acceptors (Lipinski definition) is 4. The van der Waals surface area contributed by atoms with Gasteiger partial charge in [-0.3, -0.25) is 9.29 Å². The lowest BCUT2D eigenvalue weighted by Gasteiger charge is -2.29. The van der Waals surface area contributed by atoms with E-state index in [1.165, 1.54) is 22.7 Å². The Bertz CT molecular complexity index is 1080. The van der Waals surface area contributed by atoms with Crippen LogP contribution in [0.2, 0.25) is 5.02 Å². The number of anilines is 2. The highest BCUT2D eigenvalue weighted by atomic mass is 35.5. The van der Waals surface area contributed by atoms with E-state index in [1.54, 1.807) is 24.7 Å². The van der Waals surface area contributed by atoms with Crippen LogP contribution >= 0.6 is 11.6 Å². The van der Waals surface area contributed by atoms with Gasteiger partial charge in [0.05, 0.1) is 28.5 Å². The summed E-state index contributed by atoms with van der Waals surface area (Å²) in [7, 11) is -0.748. The first-order chi connectivity index (χ1) is 13.4. The molecular weight excluding hydrogens is 398 g/mol. The molecule has 0 amide bonds. The summed E-state index contributed by atoms with van der Waals surface area (Å²) in [5.74, 6) is 0. The molecule has 3 aromatic rings. The number of pyridine rings is 1. The Balaban J connectivity index is 2.14. The minimum Gasteiger partial charge on any atom is -0.380 e. The largest absolute Gasteiger partial charge is 0.380 e. The first kappa shape index (κ1) is 20.2. The predicted octanol–water partition coefficient (Wildman–Crippen LogP) is 3.63. The van der Waals surface area contributed by atoms with Crippen molar-refractivity contribution in [3.8, 4) is 0 Å². The number of nitrogens with one attached hydrogen (secondary N) is 2. The standard InChI is InChI=1S/C19H22ClN5O2S/c1-4-10-25(28(26,27)24(2)3)19-14(11-22-15-6-5-9-21-12-15)7-8-16-17(20)13-23-18(16)19/h4-9,12-13,22-23H,1,10-11H2,2-3H3. The third-order valence-electron chi connectivity index (χ3n) is 4.29. The Hall–Kier alpha value is -2.55. The number of hydrogen-bond donors (Lipinski definition) is 2. The molecule has 2 N–H and O–H groups in total. The number of nitrogens with zero attached hydrogens (tertiary/aromatic N) is 3. The van der Waals surface area contributed by atoms with Gasteiger partial charge in [0.2, 0.25) is 0 Å². The summed E-state index contributed by atoms with van der Waals surface area (Å²) in [6.07, 6.45) is 6.62. The minimum atomic E-state index is -3.75. The Morgan fingerprint density at radius 2 is 2.11 bits per heavy atom. The monoisotopic (exact) mass is 419 g/mol. The van der Waals surface area contributed by atoms with Crippen molar-refractivity contribution >= 4 is 44.1 Å². The third kappa shape index (κ3) is 3.84. The number of aromatic amines is 1. The molecule has 0 aliphatic carbocycles. The van der Waals surface area contributed by atoms with E-state index in [-0.39, 0.29) is 6.54 Å². The fourth-order valence-electron chi connectivity index (χ4n) is 2.90. The molecule has 0 aliphatic heterocycles. The van der Waals surface area contributed by atoms with Crippen LogP contribution in [0.25, 0.3) is 10.9 Å². The molecule has 2 aromatic heterocycles. The lowest BCUT2D eigenvalue weighted by molar-refractivity contribution is 0.517. The van der Waals surface area contributed by atoms with Crippen molar-refractivity contribution in [3.63, 3.8) is 0 Å². The van der Waals surface area contributed by atoms with Crippen LogP contribution in [0.1, 0.15) is 5.56 Å². The van der Waals surface area contributed by atoms with Gasteiger partial charge in [0.1, 0.15) is 0 Å². The van der Waals surface area contributed by atoms with E-state index in [4.69, 9.17) is 11.6 Å². The number of benzene rings is 1. The van der Waals surface area contributed by atoms with E-state index >= 15 is 0 Å². The number of fused-ring (bicyclic) bond motifs is 1. The van der Waals surface area contributed by atoms with Gasteiger partial charge in [0.25, 0.3) is 0 Å². The van der Waals surface area contributed by atoms with E-state index in [2.05, 4.69) is 21.9 Å².